The molecular formula is C11H14ClN3O3. The first kappa shape index (κ1) is 12.9. The van der Waals surface area contributed by atoms with Crippen LogP contribution in [0.4, 0.5) is 0 Å². The highest BCUT2D eigenvalue weighted by molar-refractivity contribution is 6.29. The van der Waals surface area contributed by atoms with Crippen molar-refractivity contribution < 1.29 is 14.3 Å². The zero-order chi connectivity index (χ0) is 13.3. The molecular weight excluding hydrogens is 258 g/mol. The number of nitrogens with zero attached hydrogens (tertiary/aromatic N) is 2. The fraction of sp³-hybridized carbons (Fsp3) is 0.545. The molecule has 1 aromatic heterocycles. The first-order valence-corrected chi connectivity index (χ1v) is 6.05. The van der Waals surface area contributed by atoms with Crippen LogP contribution in [0.1, 0.15) is 25.1 Å². The van der Waals surface area contributed by atoms with Crippen molar-refractivity contribution in [1.29, 1.82) is 0 Å². The van der Waals surface area contributed by atoms with Crippen LogP contribution in [0.2, 0.25) is 5.15 Å². The van der Waals surface area contributed by atoms with Gasteiger partial charge in [0, 0.05) is 13.5 Å². The average molecular weight is 272 g/mol. The van der Waals surface area contributed by atoms with Crippen LogP contribution < -0.4 is 5.32 Å². The highest BCUT2D eigenvalue weighted by Crippen LogP contribution is 2.29. The molecule has 0 saturated carbocycles. The summed E-state index contributed by atoms with van der Waals surface area (Å²) in [4.78, 5) is 27.4. The Kier molecular flexibility index (Phi) is 3.56. The third-order valence-electron chi connectivity index (χ3n) is 2.96. The molecule has 2 unspecified atom stereocenters. The zero-order valence-corrected chi connectivity index (χ0v) is 10.9. The number of rotatable bonds is 3. The second kappa shape index (κ2) is 4.97. The van der Waals surface area contributed by atoms with Gasteiger partial charge in [0.05, 0.1) is 18.7 Å². The van der Waals surface area contributed by atoms with Crippen molar-refractivity contribution in [3.63, 3.8) is 0 Å². The molecule has 98 valence electrons. The highest BCUT2D eigenvalue weighted by atomic mass is 35.5. The fourth-order valence-corrected chi connectivity index (χ4v) is 2.23. The van der Waals surface area contributed by atoms with E-state index in [0.717, 1.165) is 0 Å². The van der Waals surface area contributed by atoms with Crippen molar-refractivity contribution in [3.05, 3.63) is 17.2 Å². The minimum absolute atomic E-state index is 0.183. The van der Waals surface area contributed by atoms with E-state index in [1.165, 1.54) is 6.20 Å². The maximum atomic E-state index is 11.8. The molecule has 0 radical (unpaired) electrons. The summed E-state index contributed by atoms with van der Waals surface area (Å²) in [5, 5.41) is 3.08. The van der Waals surface area contributed by atoms with Crippen LogP contribution in [-0.4, -0.2) is 34.1 Å². The molecule has 0 aliphatic carbocycles. The number of carbonyl (C=O) groups is 2. The van der Waals surface area contributed by atoms with Crippen LogP contribution in [0.5, 0.6) is 0 Å². The number of imidazole rings is 1. The summed E-state index contributed by atoms with van der Waals surface area (Å²) in [5.41, 5.74) is 0. The fourth-order valence-electron chi connectivity index (χ4n) is 2.09. The van der Waals surface area contributed by atoms with Crippen LogP contribution in [0.25, 0.3) is 0 Å². The molecule has 6 nitrogen and oxygen atoms in total. The lowest BCUT2D eigenvalue weighted by molar-refractivity contribution is -0.146. The SMILES string of the molecule is CCOC(=O)C1NC(=O)CC1c1ncc(Cl)n1C. The minimum Gasteiger partial charge on any atom is -0.464 e. The van der Waals surface area contributed by atoms with Crippen LogP contribution >= 0.6 is 11.6 Å². The van der Waals surface area contributed by atoms with Gasteiger partial charge >= 0.3 is 5.97 Å². The lowest BCUT2D eigenvalue weighted by atomic mass is 10.00. The topological polar surface area (TPSA) is 73.2 Å². The van der Waals surface area contributed by atoms with Crippen molar-refractivity contribution in [2.24, 2.45) is 7.05 Å². The molecule has 0 bridgehead atoms. The predicted molar refractivity (Wildman–Crippen MR) is 64.1 cm³/mol. The van der Waals surface area contributed by atoms with Crippen molar-refractivity contribution in [2.45, 2.75) is 25.3 Å². The normalized spacial score (nSPS) is 22.9. The number of halogens is 1. The Morgan fingerprint density at radius 3 is 3.00 bits per heavy atom. The number of nitrogens with one attached hydrogen (secondary N) is 1. The molecule has 1 aromatic rings. The number of hydrogen-bond acceptors (Lipinski definition) is 4. The van der Waals surface area contributed by atoms with E-state index in [1.54, 1.807) is 18.5 Å². The summed E-state index contributed by atoms with van der Waals surface area (Å²) >= 11 is 5.91. The zero-order valence-electron chi connectivity index (χ0n) is 10.1. The summed E-state index contributed by atoms with van der Waals surface area (Å²) in [7, 11) is 1.75. The van der Waals surface area contributed by atoms with Gasteiger partial charge in [-0.3, -0.25) is 4.79 Å². The second-order valence-electron chi connectivity index (χ2n) is 4.11. The molecule has 2 atom stereocenters. The van der Waals surface area contributed by atoms with Gasteiger partial charge < -0.3 is 14.6 Å². The summed E-state index contributed by atoms with van der Waals surface area (Å²) < 4.78 is 6.61. The van der Waals surface area contributed by atoms with E-state index in [2.05, 4.69) is 10.3 Å². The van der Waals surface area contributed by atoms with Gasteiger partial charge in [-0.15, -0.1) is 0 Å². The third kappa shape index (κ3) is 2.20. The van der Waals surface area contributed by atoms with Gasteiger partial charge in [0.25, 0.3) is 0 Å². The molecule has 1 aliphatic heterocycles. The van der Waals surface area contributed by atoms with E-state index < -0.39 is 12.0 Å². The van der Waals surface area contributed by atoms with Gasteiger partial charge in [-0.2, -0.15) is 0 Å². The standard InChI is InChI=1S/C11H14ClN3O3/c1-3-18-11(17)9-6(4-8(16)14-9)10-13-5-7(12)15(10)2/h5-6,9H,3-4H2,1-2H3,(H,14,16). The first-order valence-electron chi connectivity index (χ1n) is 5.67. The molecule has 2 heterocycles. The first-order chi connectivity index (χ1) is 8.54. The van der Waals surface area contributed by atoms with Gasteiger partial charge in [0.15, 0.2) is 0 Å². The summed E-state index contributed by atoms with van der Waals surface area (Å²) in [6.07, 6.45) is 1.71. The molecule has 1 N–H and O–H groups in total. The average Bonchev–Trinajstić information content (AvgIpc) is 2.85. The largest absolute Gasteiger partial charge is 0.464 e. The van der Waals surface area contributed by atoms with E-state index >= 15 is 0 Å². The van der Waals surface area contributed by atoms with E-state index in [4.69, 9.17) is 16.3 Å². The number of carbonyl (C=O) groups excluding carboxylic acids is 2. The third-order valence-corrected chi connectivity index (χ3v) is 3.31. The molecule has 2 rings (SSSR count). The van der Waals surface area contributed by atoms with E-state index in [0.29, 0.717) is 11.0 Å². The maximum Gasteiger partial charge on any atom is 0.329 e. The Hall–Kier alpha value is -1.56. The quantitative estimate of drug-likeness (QED) is 0.818. The molecule has 0 spiro atoms. The van der Waals surface area contributed by atoms with Crippen molar-refractivity contribution in [3.8, 4) is 0 Å². The maximum absolute atomic E-state index is 11.8. The van der Waals surface area contributed by atoms with Crippen molar-refractivity contribution in [1.82, 2.24) is 14.9 Å². The number of aromatic nitrogens is 2. The Morgan fingerprint density at radius 1 is 1.72 bits per heavy atom. The Bertz CT molecular complexity index is 486. The van der Waals surface area contributed by atoms with Gasteiger partial charge in [-0.05, 0) is 6.92 Å². The van der Waals surface area contributed by atoms with Gasteiger partial charge in [-0.25, -0.2) is 9.78 Å². The van der Waals surface area contributed by atoms with E-state index in [9.17, 15) is 9.59 Å². The smallest absolute Gasteiger partial charge is 0.329 e. The molecule has 7 heteroatoms. The number of hydrogen-bond donors (Lipinski definition) is 1. The van der Waals surface area contributed by atoms with Gasteiger partial charge in [0.2, 0.25) is 5.91 Å². The molecule has 1 saturated heterocycles. The highest BCUT2D eigenvalue weighted by Gasteiger charge is 2.41. The molecule has 1 aliphatic rings. The minimum atomic E-state index is -0.686. The molecule has 0 aromatic carbocycles. The summed E-state index contributed by atoms with van der Waals surface area (Å²) in [6, 6.07) is -0.686. The molecule has 1 amide bonds. The van der Waals surface area contributed by atoms with Crippen LogP contribution in [0, 0.1) is 0 Å². The number of amides is 1. The lowest BCUT2D eigenvalue weighted by Gasteiger charge is -2.17. The number of esters is 1. The summed E-state index contributed by atoms with van der Waals surface area (Å²) in [5.74, 6) is -0.352. The van der Waals surface area contributed by atoms with E-state index in [-0.39, 0.29) is 24.9 Å². The second-order valence-corrected chi connectivity index (χ2v) is 4.49. The Balaban J connectivity index is 2.27. The van der Waals surface area contributed by atoms with Crippen LogP contribution in [-0.2, 0) is 21.4 Å². The Morgan fingerprint density at radius 2 is 2.44 bits per heavy atom. The van der Waals surface area contributed by atoms with Crippen LogP contribution in [0.3, 0.4) is 0 Å². The van der Waals surface area contributed by atoms with Gasteiger partial charge in [-0.1, -0.05) is 11.6 Å². The predicted octanol–water partition coefficient (Wildman–Crippen LogP) is 0.609. The lowest BCUT2D eigenvalue weighted by Crippen LogP contribution is -2.38. The van der Waals surface area contributed by atoms with Crippen molar-refractivity contribution in [2.75, 3.05) is 6.61 Å². The van der Waals surface area contributed by atoms with E-state index in [1.807, 2.05) is 0 Å². The molecule has 18 heavy (non-hydrogen) atoms. The summed E-state index contributed by atoms with van der Waals surface area (Å²) in [6.45, 7) is 2.00. The van der Waals surface area contributed by atoms with Crippen LogP contribution in [0.15, 0.2) is 6.20 Å². The Labute approximate surface area is 109 Å². The van der Waals surface area contributed by atoms with Crippen molar-refractivity contribution >= 4 is 23.5 Å². The molecule has 1 fully saturated rings. The van der Waals surface area contributed by atoms with Gasteiger partial charge in [0.1, 0.15) is 17.0 Å². The number of ether oxygens (including phenoxy) is 1. The monoisotopic (exact) mass is 271 g/mol.